The predicted molar refractivity (Wildman–Crippen MR) is 120 cm³/mol. The summed E-state index contributed by atoms with van der Waals surface area (Å²) in [6, 6.07) is 23.5. The first-order chi connectivity index (χ1) is 14.5. The van der Waals surface area contributed by atoms with E-state index in [0.717, 1.165) is 33.7 Å². The molecule has 0 aromatic heterocycles. The first kappa shape index (κ1) is 21.1. The zero-order valence-electron chi connectivity index (χ0n) is 17.0. The van der Waals surface area contributed by atoms with Crippen molar-refractivity contribution in [3.63, 3.8) is 0 Å². The highest BCUT2D eigenvalue weighted by Crippen LogP contribution is 2.16. The summed E-state index contributed by atoms with van der Waals surface area (Å²) in [5.41, 5.74) is 5.56. The first-order valence-electron chi connectivity index (χ1n) is 9.91. The summed E-state index contributed by atoms with van der Waals surface area (Å²) in [5.74, 6) is -0.0449. The van der Waals surface area contributed by atoms with Crippen molar-refractivity contribution >= 4 is 17.4 Å². The second kappa shape index (κ2) is 10.3. The third-order valence-corrected chi connectivity index (χ3v) is 4.85. The van der Waals surface area contributed by atoms with Crippen LogP contribution >= 0.6 is 0 Å². The smallest absolute Gasteiger partial charge is 0.303 e. The molecule has 0 spiro atoms. The zero-order valence-corrected chi connectivity index (χ0v) is 17.0. The summed E-state index contributed by atoms with van der Waals surface area (Å²) < 4.78 is 5.76. The highest BCUT2D eigenvalue weighted by atomic mass is 16.5. The van der Waals surface area contributed by atoms with Gasteiger partial charge in [0, 0.05) is 24.2 Å². The van der Waals surface area contributed by atoms with Crippen LogP contribution in [-0.4, -0.2) is 23.4 Å². The Labute approximate surface area is 176 Å². The number of carboxylic acids is 1. The van der Waals surface area contributed by atoms with Crippen molar-refractivity contribution in [2.45, 2.75) is 26.3 Å². The minimum atomic E-state index is -0.781. The van der Waals surface area contributed by atoms with Crippen molar-refractivity contribution in [3.05, 3.63) is 95.1 Å². The third kappa shape index (κ3) is 6.21. The molecule has 3 rings (SSSR count). The molecule has 5 heteroatoms. The van der Waals surface area contributed by atoms with Gasteiger partial charge in [-0.2, -0.15) is 0 Å². The van der Waals surface area contributed by atoms with Crippen LogP contribution in [0.3, 0.4) is 0 Å². The van der Waals surface area contributed by atoms with Gasteiger partial charge in [-0.1, -0.05) is 48.5 Å². The van der Waals surface area contributed by atoms with Gasteiger partial charge < -0.3 is 20.6 Å². The molecule has 3 aromatic carbocycles. The fourth-order valence-corrected chi connectivity index (χ4v) is 3.09. The first-order valence-corrected chi connectivity index (χ1v) is 9.91. The molecule has 0 aliphatic heterocycles. The van der Waals surface area contributed by atoms with E-state index < -0.39 is 5.97 Å². The maximum Gasteiger partial charge on any atom is 0.303 e. The maximum absolute atomic E-state index is 10.6. The van der Waals surface area contributed by atoms with E-state index in [1.807, 2.05) is 79.7 Å². The maximum atomic E-state index is 10.6. The minimum Gasteiger partial charge on any atom is -0.487 e. The molecule has 0 aliphatic rings. The number of anilines is 1. The molecule has 0 fully saturated rings. The molecule has 0 unspecified atom stereocenters. The highest BCUT2D eigenvalue weighted by Gasteiger charge is 2.06. The van der Waals surface area contributed by atoms with E-state index >= 15 is 0 Å². The van der Waals surface area contributed by atoms with Gasteiger partial charge in [0.25, 0.3) is 0 Å². The van der Waals surface area contributed by atoms with Gasteiger partial charge in [0.2, 0.25) is 0 Å². The fourth-order valence-electron chi connectivity index (χ4n) is 3.09. The van der Waals surface area contributed by atoms with E-state index in [9.17, 15) is 4.79 Å². The van der Waals surface area contributed by atoms with Crippen molar-refractivity contribution in [2.24, 2.45) is 0 Å². The van der Waals surface area contributed by atoms with Crippen molar-refractivity contribution in [2.75, 3.05) is 11.9 Å². The zero-order chi connectivity index (χ0) is 21.3. The molecular formula is C25H26N2O3. The van der Waals surface area contributed by atoms with Crippen molar-refractivity contribution in [1.82, 2.24) is 0 Å². The SMILES string of the molecule is Cc1ccccc1C(=N)COc1ccc(CNc2ccc(CCC(=O)O)cc2)cc1. The van der Waals surface area contributed by atoms with Gasteiger partial charge in [-0.15, -0.1) is 0 Å². The van der Waals surface area contributed by atoms with Gasteiger partial charge in [-0.05, 0) is 54.3 Å². The predicted octanol–water partition coefficient (Wildman–Crippen LogP) is 5.07. The topological polar surface area (TPSA) is 82.4 Å². The van der Waals surface area contributed by atoms with Crippen LogP contribution in [0.2, 0.25) is 0 Å². The van der Waals surface area contributed by atoms with Gasteiger partial charge in [0.05, 0.1) is 5.71 Å². The van der Waals surface area contributed by atoms with E-state index in [1.165, 1.54) is 0 Å². The third-order valence-electron chi connectivity index (χ3n) is 4.85. The second-order valence-electron chi connectivity index (χ2n) is 7.17. The fraction of sp³-hybridized carbons (Fsp3) is 0.200. The monoisotopic (exact) mass is 402 g/mol. The molecule has 0 saturated heterocycles. The molecule has 0 atom stereocenters. The number of aliphatic carboxylic acids is 1. The minimum absolute atomic E-state index is 0.144. The summed E-state index contributed by atoms with van der Waals surface area (Å²) >= 11 is 0. The number of hydrogen-bond acceptors (Lipinski definition) is 4. The lowest BCUT2D eigenvalue weighted by Gasteiger charge is -2.11. The summed E-state index contributed by atoms with van der Waals surface area (Å²) in [4.78, 5) is 10.6. The van der Waals surface area contributed by atoms with Gasteiger partial charge in [-0.25, -0.2) is 0 Å². The summed E-state index contributed by atoms with van der Waals surface area (Å²) in [7, 11) is 0. The lowest BCUT2D eigenvalue weighted by molar-refractivity contribution is -0.136. The van der Waals surface area contributed by atoms with Crippen LogP contribution < -0.4 is 10.1 Å². The lowest BCUT2D eigenvalue weighted by Crippen LogP contribution is -2.12. The molecule has 5 nitrogen and oxygen atoms in total. The number of carboxylic acid groups (broad SMARTS) is 1. The van der Waals surface area contributed by atoms with E-state index in [2.05, 4.69) is 5.32 Å². The van der Waals surface area contributed by atoms with Gasteiger partial charge in [0.15, 0.2) is 0 Å². The Kier molecular flexibility index (Phi) is 7.22. The van der Waals surface area contributed by atoms with Crippen LogP contribution in [0.1, 0.15) is 28.7 Å². The molecule has 0 amide bonds. The Hall–Kier alpha value is -3.60. The molecule has 0 heterocycles. The number of hydrogen-bond donors (Lipinski definition) is 3. The molecule has 154 valence electrons. The van der Waals surface area contributed by atoms with E-state index in [4.69, 9.17) is 15.3 Å². The van der Waals surface area contributed by atoms with Crippen LogP contribution in [0.25, 0.3) is 0 Å². The Morgan fingerprint density at radius 3 is 2.30 bits per heavy atom. The quantitative estimate of drug-likeness (QED) is 0.414. The number of aryl methyl sites for hydroxylation is 2. The molecule has 0 radical (unpaired) electrons. The van der Waals surface area contributed by atoms with E-state index in [0.29, 0.717) is 18.7 Å². The molecule has 0 saturated carbocycles. The van der Waals surface area contributed by atoms with Crippen LogP contribution in [0, 0.1) is 12.3 Å². The largest absolute Gasteiger partial charge is 0.487 e. The van der Waals surface area contributed by atoms with Crippen molar-refractivity contribution < 1.29 is 14.6 Å². The van der Waals surface area contributed by atoms with E-state index in [1.54, 1.807) is 0 Å². The average Bonchev–Trinajstić information content (AvgIpc) is 2.76. The number of carbonyl (C=O) groups is 1. The Balaban J connectivity index is 1.47. The van der Waals surface area contributed by atoms with Crippen LogP contribution in [0.4, 0.5) is 5.69 Å². The molecule has 3 aromatic rings. The molecular weight excluding hydrogens is 376 g/mol. The summed E-state index contributed by atoms with van der Waals surface area (Å²) in [6.07, 6.45) is 0.685. The van der Waals surface area contributed by atoms with Gasteiger partial charge in [-0.3, -0.25) is 4.79 Å². The van der Waals surface area contributed by atoms with Crippen molar-refractivity contribution in [3.8, 4) is 5.75 Å². The van der Waals surface area contributed by atoms with Gasteiger partial charge in [0.1, 0.15) is 12.4 Å². The lowest BCUT2D eigenvalue weighted by atomic mass is 10.1. The molecule has 0 bridgehead atoms. The normalized spacial score (nSPS) is 10.4. The van der Waals surface area contributed by atoms with Crippen molar-refractivity contribution in [1.29, 1.82) is 5.41 Å². The van der Waals surface area contributed by atoms with Gasteiger partial charge >= 0.3 is 5.97 Å². The second-order valence-corrected chi connectivity index (χ2v) is 7.17. The Morgan fingerprint density at radius 2 is 1.63 bits per heavy atom. The van der Waals surface area contributed by atoms with Crippen LogP contribution in [0.5, 0.6) is 5.75 Å². The van der Waals surface area contributed by atoms with Crippen LogP contribution in [-0.2, 0) is 17.8 Å². The van der Waals surface area contributed by atoms with E-state index in [-0.39, 0.29) is 13.0 Å². The number of ether oxygens (including phenoxy) is 1. The molecule has 0 aliphatic carbocycles. The Bertz CT molecular complexity index is 996. The standard InChI is InChI=1S/C25H26N2O3/c1-18-4-2-3-5-23(18)24(26)17-30-22-13-8-20(9-14-22)16-27-21-11-6-19(7-12-21)10-15-25(28)29/h2-9,11-14,26-27H,10,15-17H2,1H3,(H,28,29). The molecule has 3 N–H and O–H groups in total. The Morgan fingerprint density at radius 1 is 0.967 bits per heavy atom. The number of rotatable bonds is 10. The van der Waals surface area contributed by atoms with Crippen LogP contribution in [0.15, 0.2) is 72.8 Å². The highest BCUT2D eigenvalue weighted by molar-refractivity contribution is 6.00. The number of nitrogens with one attached hydrogen (secondary N) is 2. The number of benzene rings is 3. The summed E-state index contributed by atoms with van der Waals surface area (Å²) in [6.45, 7) is 2.90. The summed E-state index contributed by atoms with van der Waals surface area (Å²) in [5, 5.41) is 20.3. The molecule has 30 heavy (non-hydrogen) atoms. The average molecular weight is 402 g/mol.